The molecule has 2 unspecified atom stereocenters. The first kappa shape index (κ1) is 12.6. The number of benzene rings is 1. The highest BCUT2D eigenvalue weighted by molar-refractivity contribution is 5.34. The van der Waals surface area contributed by atoms with E-state index < -0.39 is 0 Å². The fourth-order valence-electron chi connectivity index (χ4n) is 3.27. The van der Waals surface area contributed by atoms with Crippen LogP contribution in [0.15, 0.2) is 18.2 Å². The molecule has 0 heterocycles. The Morgan fingerprint density at radius 3 is 2.53 bits per heavy atom. The Bertz CT molecular complexity index is 370. The van der Waals surface area contributed by atoms with E-state index in [1.54, 1.807) is 5.56 Å². The Morgan fingerprint density at radius 1 is 1.06 bits per heavy atom. The van der Waals surface area contributed by atoms with Crippen molar-refractivity contribution in [3.8, 4) is 0 Å². The molecule has 1 heteroatoms. The van der Waals surface area contributed by atoms with Gasteiger partial charge in [0.25, 0.3) is 0 Å². The molecule has 1 saturated carbocycles. The van der Waals surface area contributed by atoms with E-state index in [1.165, 1.54) is 43.2 Å². The van der Waals surface area contributed by atoms with Crippen LogP contribution >= 0.6 is 0 Å². The number of hydrogen-bond acceptors (Lipinski definition) is 1. The third-order valence-corrected chi connectivity index (χ3v) is 4.21. The van der Waals surface area contributed by atoms with Crippen LogP contribution in [-0.2, 0) is 0 Å². The van der Waals surface area contributed by atoms with Crippen LogP contribution < -0.4 is 5.32 Å². The van der Waals surface area contributed by atoms with E-state index in [-0.39, 0.29) is 0 Å². The van der Waals surface area contributed by atoms with E-state index in [4.69, 9.17) is 0 Å². The van der Waals surface area contributed by atoms with E-state index in [1.807, 2.05) is 0 Å². The minimum absolute atomic E-state index is 0.666. The highest BCUT2D eigenvalue weighted by Crippen LogP contribution is 2.33. The van der Waals surface area contributed by atoms with Gasteiger partial charge < -0.3 is 5.32 Å². The first-order chi connectivity index (χ1) is 8.22. The summed E-state index contributed by atoms with van der Waals surface area (Å²) in [5.41, 5.74) is 4.41. The van der Waals surface area contributed by atoms with E-state index in [0.29, 0.717) is 12.0 Å². The summed E-state index contributed by atoms with van der Waals surface area (Å²) in [5.74, 6) is 0.711. The van der Waals surface area contributed by atoms with Gasteiger partial charge in [0.15, 0.2) is 0 Å². The largest absolute Gasteiger partial charge is 0.316 e. The topological polar surface area (TPSA) is 12.0 Å². The van der Waals surface area contributed by atoms with Gasteiger partial charge in [-0.25, -0.2) is 0 Å². The van der Waals surface area contributed by atoms with Gasteiger partial charge in [0.1, 0.15) is 0 Å². The third kappa shape index (κ3) is 2.90. The smallest absolute Gasteiger partial charge is 0.0133 e. The Hall–Kier alpha value is -0.820. The van der Waals surface area contributed by atoms with E-state index in [0.717, 1.165) is 0 Å². The molecular formula is C16H25N. The lowest BCUT2D eigenvalue weighted by molar-refractivity contribution is 0.438. The van der Waals surface area contributed by atoms with Crippen molar-refractivity contribution in [1.29, 1.82) is 0 Å². The average molecular weight is 231 g/mol. The monoisotopic (exact) mass is 231 g/mol. The number of likely N-dealkylation sites (N-methyl/N-ethyl adjacent to an activating group) is 1. The molecule has 1 aromatic rings. The Morgan fingerprint density at radius 2 is 1.82 bits per heavy atom. The van der Waals surface area contributed by atoms with Gasteiger partial charge in [-0.15, -0.1) is 0 Å². The number of rotatable bonds is 2. The first-order valence-corrected chi connectivity index (χ1v) is 6.97. The van der Waals surface area contributed by atoms with Crippen LogP contribution in [0.25, 0.3) is 0 Å². The second-order valence-corrected chi connectivity index (χ2v) is 5.50. The fourth-order valence-corrected chi connectivity index (χ4v) is 3.27. The predicted molar refractivity (Wildman–Crippen MR) is 74.6 cm³/mol. The molecule has 1 aliphatic rings. The SMILES string of the molecule is CNC1CCCCCC1c1ccc(C)cc1C. The zero-order valence-electron chi connectivity index (χ0n) is 11.4. The summed E-state index contributed by atoms with van der Waals surface area (Å²) in [4.78, 5) is 0. The number of hydrogen-bond donors (Lipinski definition) is 1. The van der Waals surface area contributed by atoms with Gasteiger partial charge in [-0.2, -0.15) is 0 Å². The van der Waals surface area contributed by atoms with Crippen LogP contribution in [0, 0.1) is 13.8 Å². The lowest BCUT2D eigenvalue weighted by atomic mass is 9.85. The van der Waals surface area contributed by atoms with Gasteiger partial charge >= 0.3 is 0 Å². The molecular weight excluding hydrogens is 206 g/mol. The zero-order valence-corrected chi connectivity index (χ0v) is 11.4. The van der Waals surface area contributed by atoms with Crippen molar-refractivity contribution in [3.63, 3.8) is 0 Å². The highest BCUT2D eigenvalue weighted by Gasteiger charge is 2.24. The van der Waals surface area contributed by atoms with Gasteiger partial charge in [0.2, 0.25) is 0 Å². The third-order valence-electron chi connectivity index (χ3n) is 4.21. The normalized spacial score (nSPS) is 25.6. The summed E-state index contributed by atoms with van der Waals surface area (Å²) in [7, 11) is 2.12. The molecule has 0 radical (unpaired) electrons. The van der Waals surface area contributed by atoms with Crippen LogP contribution in [0.2, 0.25) is 0 Å². The molecule has 0 saturated heterocycles. The molecule has 1 aromatic carbocycles. The van der Waals surface area contributed by atoms with Gasteiger partial charge in [0.05, 0.1) is 0 Å². The molecule has 1 aliphatic carbocycles. The molecule has 2 atom stereocenters. The number of aryl methyl sites for hydroxylation is 2. The summed E-state index contributed by atoms with van der Waals surface area (Å²) in [6, 6.07) is 7.61. The van der Waals surface area contributed by atoms with E-state index >= 15 is 0 Å². The van der Waals surface area contributed by atoms with Crippen LogP contribution in [0.4, 0.5) is 0 Å². The molecule has 2 rings (SSSR count). The van der Waals surface area contributed by atoms with Gasteiger partial charge in [-0.3, -0.25) is 0 Å². The predicted octanol–water partition coefficient (Wildman–Crippen LogP) is 3.94. The van der Waals surface area contributed by atoms with Crippen molar-refractivity contribution in [2.24, 2.45) is 0 Å². The second-order valence-electron chi connectivity index (χ2n) is 5.50. The molecule has 17 heavy (non-hydrogen) atoms. The molecule has 0 bridgehead atoms. The molecule has 0 aromatic heterocycles. The van der Waals surface area contributed by atoms with Crippen molar-refractivity contribution < 1.29 is 0 Å². The van der Waals surface area contributed by atoms with Gasteiger partial charge in [-0.1, -0.05) is 43.0 Å². The zero-order chi connectivity index (χ0) is 12.3. The molecule has 1 N–H and O–H groups in total. The second kappa shape index (κ2) is 5.68. The Balaban J connectivity index is 2.28. The molecule has 94 valence electrons. The molecule has 1 nitrogen and oxygen atoms in total. The van der Waals surface area contributed by atoms with Crippen molar-refractivity contribution in [1.82, 2.24) is 5.32 Å². The molecule has 0 spiro atoms. The molecule has 0 amide bonds. The average Bonchev–Trinajstić information content (AvgIpc) is 2.54. The number of nitrogens with one attached hydrogen (secondary N) is 1. The maximum absolute atomic E-state index is 3.53. The molecule has 0 aliphatic heterocycles. The first-order valence-electron chi connectivity index (χ1n) is 6.97. The van der Waals surface area contributed by atoms with Gasteiger partial charge in [0, 0.05) is 6.04 Å². The van der Waals surface area contributed by atoms with Crippen molar-refractivity contribution in [2.75, 3.05) is 7.05 Å². The van der Waals surface area contributed by atoms with E-state index in [2.05, 4.69) is 44.4 Å². The fraction of sp³-hybridized carbons (Fsp3) is 0.625. The lowest BCUT2D eigenvalue weighted by Gasteiger charge is -2.26. The van der Waals surface area contributed by atoms with Crippen LogP contribution in [0.3, 0.4) is 0 Å². The van der Waals surface area contributed by atoms with Crippen molar-refractivity contribution in [2.45, 2.75) is 57.9 Å². The molecule has 1 fully saturated rings. The maximum Gasteiger partial charge on any atom is 0.0133 e. The summed E-state index contributed by atoms with van der Waals surface area (Å²) in [6.07, 6.45) is 6.84. The maximum atomic E-state index is 3.53. The minimum atomic E-state index is 0.666. The van der Waals surface area contributed by atoms with E-state index in [9.17, 15) is 0 Å². The van der Waals surface area contributed by atoms with Crippen molar-refractivity contribution >= 4 is 0 Å². The summed E-state index contributed by atoms with van der Waals surface area (Å²) in [5, 5.41) is 3.53. The standard InChI is InChI=1S/C16H25N/c1-12-9-10-14(13(2)11-12)15-7-5-4-6-8-16(15)17-3/h9-11,15-17H,4-8H2,1-3H3. The van der Waals surface area contributed by atoms with Gasteiger partial charge in [-0.05, 0) is 50.8 Å². The summed E-state index contributed by atoms with van der Waals surface area (Å²) >= 11 is 0. The van der Waals surface area contributed by atoms with Crippen LogP contribution in [0.5, 0.6) is 0 Å². The van der Waals surface area contributed by atoms with Crippen molar-refractivity contribution in [3.05, 3.63) is 34.9 Å². The van der Waals surface area contributed by atoms with Crippen LogP contribution in [-0.4, -0.2) is 13.1 Å². The summed E-state index contributed by atoms with van der Waals surface area (Å²) in [6.45, 7) is 4.44. The quantitative estimate of drug-likeness (QED) is 0.760. The Kier molecular flexibility index (Phi) is 4.22. The Labute approximate surface area is 106 Å². The van der Waals surface area contributed by atoms with Crippen LogP contribution in [0.1, 0.15) is 54.7 Å². The highest BCUT2D eigenvalue weighted by atomic mass is 14.9. The minimum Gasteiger partial charge on any atom is -0.316 e. The summed E-state index contributed by atoms with van der Waals surface area (Å²) < 4.78 is 0. The lowest BCUT2D eigenvalue weighted by Crippen LogP contribution is -2.31.